The molecular weight excluding hydrogens is 232 g/mol. The third-order valence-electron chi connectivity index (χ3n) is 3.02. The smallest absolute Gasteiger partial charge is 0.0621 e. The summed E-state index contributed by atoms with van der Waals surface area (Å²) in [4.78, 5) is 3.98. The summed E-state index contributed by atoms with van der Waals surface area (Å²) in [5, 5.41) is 0.730. The van der Waals surface area contributed by atoms with Crippen LogP contribution >= 0.6 is 11.6 Å². The fraction of sp³-hybridized carbons (Fsp3) is 0.643. The number of hydrogen-bond acceptors (Lipinski definition) is 2. The van der Waals surface area contributed by atoms with Gasteiger partial charge in [-0.15, -0.1) is 0 Å². The van der Waals surface area contributed by atoms with E-state index in [0.29, 0.717) is 0 Å². The summed E-state index contributed by atoms with van der Waals surface area (Å²) in [5.41, 5.74) is 7.22. The van der Waals surface area contributed by atoms with E-state index in [4.69, 9.17) is 17.3 Å². The van der Waals surface area contributed by atoms with Crippen LogP contribution in [0.4, 0.5) is 0 Å². The highest BCUT2D eigenvalue weighted by Crippen LogP contribution is 2.16. The predicted octanol–water partition coefficient (Wildman–Crippen LogP) is 3.97. The van der Waals surface area contributed by atoms with Crippen LogP contribution in [-0.4, -0.2) is 11.0 Å². The van der Waals surface area contributed by atoms with Crippen LogP contribution in [0, 0.1) is 0 Å². The molecule has 1 aromatic rings. The number of rotatable bonds is 8. The molecule has 0 amide bonds. The Morgan fingerprint density at radius 1 is 1.29 bits per heavy atom. The first kappa shape index (κ1) is 14.5. The maximum Gasteiger partial charge on any atom is 0.0621 e. The summed E-state index contributed by atoms with van der Waals surface area (Å²) in [5.74, 6) is 0. The normalized spacial score (nSPS) is 12.6. The van der Waals surface area contributed by atoms with Crippen molar-refractivity contribution in [3.8, 4) is 0 Å². The van der Waals surface area contributed by atoms with Crippen molar-refractivity contribution in [2.24, 2.45) is 5.73 Å². The molecule has 0 aliphatic rings. The standard InChI is InChI=1S/C14H23ClN2/c1-2-3-4-5-6-7-13(16)10-12-8-9-17-11-14(12)15/h8-9,11,13H,2-7,10,16H2,1H3. The summed E-state index contributed by atoms with van der Waals surface area (Å²) < 4.78 is 0. The number of aromatic nitrogens is 1. The van der Waals surface area contributed by atoms with Gasteiger partial charge in [-0.1, -0.05) is 50.6 Å². The topological polar surface area (TPSA) is 38.9 Å². The molecular formula is C14H23ClN2. The van der Waals surface area contributed by atoms with Crippen LogP contribution in [0.3, 0.4) is 0 Å². The second kappa shape index (κ2) is 8.48. The average molecular weight is 255 g/mol. The Labute approximate surface area is 110 Å². The molecule has 0 spiro atoms. The highest BCUT2D eigenvalue weighted by Gasteiger charge is 2.06. The van der Waals surface area contributed by atoms with Crippen molar-refractivity contribution in [2.75, 3.05) is 0 Å². The molecule has 1 rings (SSSR count). The van der Waals surface area contributed by atoms with Gasteiger partial charge in [0.15, 0.2) is 0 Å². The van der Waals surface area contributed by atoms with Crippen molar-refractivity contribution in [1.29, 1.82) is 0 Å². The second-order valence-electron chi connectivity index (χ2n) is 4.63. The molecule has 0 fully saturated rings. The molecule has 0 aromatic carbocycles. The lowest BCUT2D eigenvalue weighted by molar-refractivity contribution is 0.538. The molecule has 2 N–H and O–H groups in total. The lowest BCUT2D eigenvalue weighted by Gasteiger charge is -2.12. The molecule has 1 unspecified atom stereocenters. The number of halogens is 1. The molecule has 0 saturated heterocycles. The van der Waals surface area contributed by atoms with Gasteiger partial charge in [-0.2, -0.15) is 0 Å². The van der Waals surface area contributed by atoms with E-state index in [1.807, 2.05) is 6.07 Å². The Morgan fingerprint density at radius 3 is 2.76 bits per heavy atom. The van der Waals surface area contributed by atoms with Crippen LogP contribution in [0.5, 0.6) is 0 Å². The molecule has 1 atom stereocenters. The molecule has 1 aromatic heterocycles. The van der Waals surface area contributed by atoms with Gasteiger partial charge in [-0.25, -0.2) is 0 Å². The van der Waals surface area contributed by atoms with Gasteiger partial charge in [0.1, 0.15) is 0 Å². The van der Waals surface area contributed by atoms with Crippen LogP contribution in [0.1, 0.15) is 51.0 Å². The van der Waals surface area contributed by atoms with Gasteiger partial charge in [0.25, 0.3) is 0 Å². The van der Waals surface area contributed by atoms with E-state index in [1.165, 1.54) is 32.1 Å². The molecule has 3 heteroatoms. The molecule has 0 aliphatic carbocycles. The van der Waals surface area contributed by atoms with Gasteiger partial charge in [-0.05, 0) is 24.5 Å². The Morgan fingerprint density at radius 2 is 2.06 bits per heavy atom. The largest absolute Gasteiger partial charge is 0.327 e. The minimum Gasteiger partial charge on any atom is -0.327 e. The lowest BCUT2D eigenvalue weighted by atomic mass is 10.0. The van der Waals surface area contributed by atoms with E-state index in [2.05, 4.69) is 11.9 Å². The van der Waals surface area contributed by atoms with E-state index in [1.54, 1.807) is 12.4 Å². The van der Waals surface area contributed by atoms with Crippen LogP contribution < -0.4 is 5.73 Å². The lowest BCUT2D eigenvalue weighted by Crippen LogP contribution is -2.22. The molecule has 96 valence electrons. The van der Waals surface area contributed by atoms with E-state index in [0.717, 1.165) is 23.4 Å². The summed E-state index contributed by atoms with van der Waals surface area (Å²) in [6.07, 6.45) is 11.9. The highest BCUT2D eigenvalue weighted by molar-refractivity contribution is 6.31. The number of nitrogens with two attached hydrogens (primary N) is 1. The number of unbranched alkanes of at least 4 members (excludes halogenated alkanes) is 4. The maximum absolute atomic E-state index is 6.11. The molecule has 0 bridgehead atoms. The predicted molar refractivity (Wildman–Crippen MR) is 74.3 cm³/mol. The van der Waals surface area contributed by atoms with Crippen LogP contribution in [0.2, 0.25) is 5.02 Å². The number of pyridine rings is 1. The number of nitrogens with zero attached hydrogens (tertiary/aromatic N) is 1. The van der Waals surface area contributed by atoms with E-state index in [9.17, 15) is 0 Å². The first-order valence-corrected chi connectivity index (χ1v) is 6.95. The van der Waals surface area contributed by atoms with E-state index < -0.39 is 0 Å². The number of hydrogen-bond donors (Lipinski definition) is 1. The quantitative estimate of drug-likeness (QED) is 0.713. The van der Waals surface area contributed by atoms with Crippen LogP contribution in [-0.2, 0) is 6.42 Å². The van der Waals surface area contributed by atoms with Crippen molar-refractivity contribution in [1.82, 2.24) is 4.98 Å². The first-order valence-electron chi connectivity index (χ1n) is 6.58. The van der Waals surface area contributed by atoms with E-state index >= 15 is 0 Å². The monoisotopic (exact) mass is 254 g/mol. The van der Waals surface area contributed by atoms with Gasteiger partial charge >= 0.3 is 0 Å². The summed E-state index contributed by atoms with van der Waals surface area (Å²) in [7, 11) is 0. The van der Waals surface area contributed by atoms with Gasteiger partial charge in [-0.3, -0.25) is 4.98 Å². The zero-order chi connectivity index (χ0) is 12.5. The summed E-state index contributed by atoms with van der Waals surface area (Å²) >= 11 is 6.05. The van der Waals surface area contributed by atoms with Crippen molar-refractivity contribution < 1.29 is 0 Å². The molecule has 0 radical (unpaired) electrons. The fourth-order valence-electron chi connectivity index (χ4n) is 1.96. The SMILES string of the molecule is CCCCCCCC(N)Cc1ccncc1Cl. The first-order chi connectivity index (χ1) is 8.24. The third-order valence-corrected chi connectivity index (χ3v) is 3.36. The van der Waals surface area contributed by atoms with E-state index in [-0.39, 0.29) is 6.04 Å². The second-order valence-corrected chi connectivity index (χ2v) is 5.04. The van der Waals surface area contributed by atoms with Crippen molar-refractivity contribution in [3.05, 3.63) is 29.0 Å². The Balaban J connectivity index is 2.21. The minimum atomic E-state index is 0.219. The van der Waals surface area contributed by atoms with Gasteiger partial charge in [0.2, 0.25) is 0 Å². The average Bonchev–Trinajstić information content (AvgIpc) is 2.32. The fourth-order valence-corrected chi connectivity index (χ4v) is 2.16. The van der Waals surface area contributed by atoms with Gasteiger partial charge < -0.3 is 5.73 Å². The van der Waals surface area contributed by atoms with Crippen LogP contribution in [0.15, 0.2) is 18.5 Å². The molecule has 17 heavy (non-hydrogen) atoms. The van der Waals surface area contributed by atoms with Gasteiger partial charge in [0.05, 0.1) is 5.02 Å². The van der Waals surface area contributed by atoms with Crippen molar-refractivity contribution in [3.63, 3.8) is 0 Å². The zero-order valence-corrected chi connectivity index (χ0v) is 11.4. The Kier molecular flexibility index (Phi) is 7.22. The summed E-state index contributed by atoms with van der Waals surface area (Å²) in [6, 6.07) is 2.18. The maximum atomic E-state index is 6.11. The minimum absolute atomic E-state index is 0.219. The zero-order valence-electron chi connectivity index (χ0n) is 10.7. The van der Waals surface area contributed by atoms with Crippen molar-refractivity contribution >= 4 is 11.6 Å². The summed E-state index contributed by atoms with van der Waals surface area (Å²) in [6.45, 7) is 2.23. The Bertz CT molecular complexity index is 315. The van der Waals surface area contributed by atoms with Crippen molar-refractivity contribution in [2.45, 2.75) is 57.9 Å². The third kappa shape index (κ3) is 6.04. The van der Waals surface area contributed by atoms with Crippen LogP contribution in [0.25, 0.3) is 0 Å². The Hall–Kier alpha value is -0.600. The molecule has 1 heterocycles. The molecule has 0 saturated carbocycles. The molecule has 2 nitrogen and oxygen atoms in total. The highest BCUT2D eigenvalue weighted by atomic mass is 35.5. The molecule has 0 aliphatic heterocycles. The van der Waals surface area contributed by atoms with Gasteiger partial charge in [0, 0.05) is 18.4 Å².